The fourth-order valence-electron chi connectivity index (χ4n) is 3.05. The molecule has 0 saturated heterocycles. The van der Waals surface area contributed by atoms with E-state index in [1.54, 1.807) is 11.2 Å². The number of hydrogen-bond acceptors (Lipinski definition) is 6. The summed E-state index contributed by atoms with van der Waals surface area (Å²) in [6.07, 6.45) is 17.2. The summed E-state index contributed by atoms with van der Waals surface area (Å²) >= 11 is 0. The fraction of sp³-hybridized carbons (Fsp3) is 0.905. The van der Waals surface area contributed by atoms with E-state index in [0.717, 1.165) is 44.5 Å². The van der Waals surface area contributed by atoms with Gasteiger partial charge in [0.25, 0.3) is 0 Å². The number of hydrazine groups is 1. The first kappa shape index (κ1) is 26.2. The van der Waals surface area contributed by atoms with Gasteiger partial charge < -0.3 is 21.3 Å². The van der Waals surface area contributed by atoms with E-state index in [1.807, 2.05) is 0 Å². The van der Waals surface area contributed by atoms with E-state index in [9.17, 15) is 0 Å². The van der Waals surface area contributed by atoms with Gasteiger partial charge >= 0.3 is 0 Å². The molecule has 0 unspecified atom stereocenters. The second-order valence-electron chi connectivity index (χ2n) is 7.55. The van der Waals surface area contributed by atoms with Crippen molar-refractivity contribution in [1.82, 2.24) is 10.5 Å². The normalized spacial score (nSPS) is 12.1. The molecule has 0 amide bonds. The molecule has 0 aliphatic rings. The highest BCUT2D eigenvalue weighted by Gasteiger charge is 2.07. The number of hydrogen-bond donors (Lipinski definition) is 4. The highest BCUT2D eigenvalue weighted by atomic mass is 16.6. The number of nitrogens with two attached hydrogens (primary N) is 3. The van der Waals surface area contributed by atoms with E-state index in [-0.39, 0.29) is 0 Å². The van der Waals surface area contributed by atoms with Crippen LogP contribution in [0.3, 0.4) is 0 Å². The zero-order chi connectivity index (χ0) is 20.2. The minimum Gasteiger partial charge on any atom is -0.401 e. The topological polar surface area (TPSA) is 103 Å². The largest absolute Gasteiger partial charge is 0.401 e. The van der Waals surface area contributed by atoms with Gasteiger partial charge in [-0.25, -0.2) is 5.84 Å². The first-order valence-corrected chi connectivity index (χ1v) is 11.2. The van der Waals surface area contributed by atoms with Crippen LogP contribution in [-0.4, -0.2) is 30.7 Å². The predicted molar refractivity (Wildman–Crippen MR) is 116 cm³/mol. The van der Waals surface area contributed by atoms with Gasteiger partial charge in [0, 0.05) is 30.9 Å². The van der Waals surface area contributed by atoms with Crippen LogP contribution in [-0.2, 0) is 4.84 Å². The molecule has 7 N–H and O–H groups in total. The summed E-state index contributed by atoms with van der Waals surface area (Å²) in [6, 6.07) is 0.514. The maximum absolute atomic E-state index is 5.90. The lowest BCUT2D eigenvalue weighted by atomic mass is 10.0. The maximum atomic E-state index is 5.90. The van der Waals surface area contributed by atoms with E-state index in [1.165, 1.54) is 51.4 Å². The Morgan fingerprint density at radius 3 is 2.19 bits per heavy atom. The SMILES string of the molecule is CCCCCC(CCCCC)NOCCCCCCN(N)/C=C(\N)CCN. The van der Waals surface area contributed by atoms with E-state index in [4.69, 9.17) is 22.1 Å². The van der Waals surface area contributed by atoms with Crippen molar-refractivity contribution in [2.24, 2.45) is 17.3 Å². The summed E-state index contributed by atoms with van der Waals surface area (Å²) in [5.74, 6) is 5.90. The third-order valence-corrected chi connectivity index (χ3v) is 4.74. The average Bonchev–Trinajstić information content (AvgIpc) is 2.63. The molecule has 27 heavy (non-hydrogen) atoms. The Balaban J connectivity index is 3.68. The highest BCUT2D eigenvalue weighted by Crippen LogP contribution is 2.11. The Bertz CT molecular complexity index is 329. The first-order valence-electron chi connectivity index (χ1n) is 11.2. The van der Waals surface area contributed by atoms with E-state index >= 15 is 0 Å². The fourth-order valence-corrected chi connectivity index (χ4v) is 3.05. The molecule has 6 nitrogen and oxygen atoms in total. The van der Waals surface area contributed by atoms with Crippen LogP contribution in [0.25, 0.3) is 0 Å². The van der Waals surface area contributed by atoms with Gasteiger partial charge in [0.2, 0.25) is 0 Å². The van der Waals surface area contributed by atoms with Crippen LogP contribution >= 0.6 is 0 Å². The van der Waals surface area contributed by atoms with E-state index < -0.39 is 0 Å². The predicted octanol–water partition coefficient (Wildman–Crippen LogP) is 3.92. The van der Waals surface area contributed by atoms with E-state index in [0.29, 0.717) is 19.0 Å². The zero-order valence-corrected chi connectivity index (χ0v) is 18.1. The molecule has 0 bridgehead atoms. The van der Waals surface area contributed by atoms with Crippen molar-refractivity contribution >= 4 is 0 Å². The van der Waals surface area contributed by atoms with Crippen molar-refractivity contribution in [3.63, 3.8) is 0 Å². The molecule has 162 valence electrons. The third-order valence-electron chi connectivity index (χ3n) is 4.74. The number of nitrogens with one attached hydrogen (secondary N) is 1. The molecule has 0 aliphatic heterocycles. The molecule has 0 atom stereocenters. The van der Waals surface area contributed by atoms with Gasteiger partial charge in [-0.15, -0.1) is 0 Å². The Labute approximate surface area is 168 Å². The molecule has 0 fully saturated rings. The lowest BCUT2D eigenvalue weighted by Gasteiger charge is -2.18. The smallest absolute Gasteiger partial charge is 0.0682 e. The van der Waals surface area contributed by atoms with Crippen molar-refractivity contribution < 1.29 is 4.84 Å². The van der Waals surface area contributed by atoms with Crippen LogP contribution in [0.2, 0.25) is 0 Å². The van der Waals surface area contributed by atoms with Gasteiger partial charge in [-0.3, -0.25) is 0 Å². The summed E-state index contributed by atoms with van der Waals surface area (Å²) in [5.41, 5.74) is 15.3. The monoisotopic (exact) mass is 385 g/mol. The standard InChI is InChI=1S/C21H47N5O/c1-3-5-9-13-21(14-10-6-4-2)25-27-18-12-8-7-11-17-26(24)19-20(23)15-16-22/h19,21,25H,3-18,22-24H2,1-2H3/b20-19-. The Hall–Kier alpha value is -0.820. The zero-order valence-electron chi connectivity index (χ0n) is 18.1. The first-order chi connectivity index (χ1) is 13.1. The van der Waals surface area contributed by atoms with Crippen LogP contribution in [0.4, 0.5) is 0 Å². The number of unbranched alkanes of at least 4 members (excludes halogenated alkanes) is 7. The number of rotatable bonds is 20. The molecule has 0 aromatic carbocycles. The minimum absolute atomic E-state index is 0.514. The molecule has 0 saturated carbocycles. The maximum Gasteiger partial charge on any atom is 0.0682 e. The van der Waals surface area contributed by atoms with Gasteiger partial charge in [0.15, 0.2) is 0 Å². The molecule has 0 aliphatic carbocycles. The Morgan fingerprint density at radius 2 is 1.59 bits per heavy atom. The lowest BCUT2D eigenvalue weighted by Crippen LogP contribution is -2.29. The second-order valence-corrected chi connectivity index (χ2v) is 7.55. The van der Waals surface area contributed by atoms with Crippen LogP contribution in [0.15, 0.2) is 11.9 Å². The van der Waals surface area contributed by atoms with Gasteiger partial charge in [-0.1, -0.05) is 65.2 Å². The van der Waals surface area contributed by atoms with Crippen molar-refractivity contribution in [3.8, 4) is 0 Å². The molecular formula is C21H47N5O. The third kappa shape index (κ3) is 18.3. The molecule has 0 rings (SSSR count). The van der Waals surface area contributed by atoms with Gasteiger partial charge in [-0.05, 0) is 32.2 Å². The summed E-state index contributed by atoms with van der Waals surface area (Å²) in [6.45, 7) is 6.67. The van der Waals surface area contributed by atoms with E-state index in [2.05, 4.69) is 19.3 Å². The molecule has 0 aromatic heterocycles. The van der Waals surface area contributed by atoms with Crippen molar-refractivity contribution in [2.75, 3.05) is 19.7 Å². The molecule has 0 spiro atoms. The summed E-state index contributed by atoms with van der Waals surface area (Å²) in [4.78, 5) is 5.74. The number of hydroxylamine groups is 1. The van der Waals surface area contributed by atoms with Crippen molar-refractivity contribution in [1.29, 1.82) is 0 Å². The van der Waals surface area contributed by atoms with Gasteiger partial charge in [0.05, 0.1) is 6.61 Å². The summed E-state index contributed by atoms with van der Waals surface area (Å²) in [5, 5.41) is 1.67. The Kier molecular flexibility index (Phi) is 19.3. The average molecular weight is 386 g/mol. The summed E-state index contributed by atoms with van der Waals surface area (Å²) < 4.78 is 0. The van der Waals surface area contributed by atoms with Crippen LogP contribution in [0.5, 0.6) is 0 Å². The number of nitrogens with zero attached hydrogens (tertiary/aromatic N) is 1. The lowest BCUT2D eigenvalue weighted by molar-refractivity contribution is 0.00862. The minimum atomic E-state index is 0.514. The van der Waals surface area contributed by atoms with Crippen molar-refractivity contribution in [3.05, 3.63) is 11.9 Å². The summed E-state index contributed by atoms with van der Waals surface area (Å²) in [7, 11) is 0. The molecule has 0 aromatic rings. The van der Waals surface area contributed by atoms with Gasteiger partial charge in [-0.2, -0.15) is 5.48 Å². The second kappa shape index (κ2) is 19.9. The van der Waals surface area contributed by atoms with Gasteiger partial charge in [0.1, 0.15) is 0 Å². The molecule has 6 heteroatoms. The quantitative estimate of drug-likeness (QED) is 0.144. The van der Waals surface area contributed by atoms with Crippen molar-refractivity contribution in [2.45, 2.75) is 103 Å². The van der Waals surface area contributed by atoms with Crippen LogP contribution in [0.1, 0.15) is 97.3 Å². The van der Waals surface area contributed by atoms with Crippen LogP contribution < -0.4 is 22.8 Å². The van der Waals surface area contributed by atoms with Crippen LogP contribution in [0, 0.1) is 0 Å². The Morgan fingerprint density at radius 1 is 0.963 bits per heavy atom. The highest BCUT2D eigenvalue weighted by molar-refractivity contribution is 4.94. The molecular weight excluding hydrogens is 338 g/mol. The molecule has 0 radical (unpaired) electrons. The molecule has 0 heterocycles.